The molecule has 0 bridgehead atoms. The number of nitrogens with one attached hydrogen (secondary N) is 1. The molecule has 2 atom stereocenters. The highest BCUT2D eigenvalue weighted by Gasteiger charge is 2.22. The van der Waals surface area contributed by atoms with Crippen LogP contribution in [0.25, 0.3) is 11.0 Å². The van der Waals surface area contributed by atoms with Crippen molar-refractivity contribution in [2.45, 2.75) is 59.5 Å². The Hall–Kier alpha value is -1.95. The molecule has 0 aromatic carbocycles. The van der Waals surface area contributed by atoms with E-state index in [1.165, 1.54) is 12.8 Å². The highest BCUT2D eigenvalue weighted by atomic mass is 16.1. The number of aryl methyl sites for hydroxylation is 1. The molecule has 1 amide bonds. The van der Waals surface area contributed by atoms with Crippen molar-refractivity contribution in [1.82, 2.24) is 25.0 Å². The first kappa shape index (κ1) is 18.8. The molecule has 0 radical (unpaired) electrons. The molecule has 1 aliphatic rings. The Morgan fingerprint density at radius 2 is 2.15 bits per heavy atom. The van der Waals surface area contributed by atoms with Crippen LogP contribution in [0, 0.1) is 12.8 Å². The average Bonchev–Trinajstić information content (AvgIpc) is 3.01. The third-order valence-corrected chi connectivity index (χ3v) is 5.36. The van der Waals surface area contributed by atoms with E-state index in [0.29, 0.717) is 18.2 Å². The Labute approximate surface area is 156 Å². The monoisotopic (exact) mass is 357 g/mol. The van der Waals surface area contributed by atoms with Crippen LogP contribution in [0.1, 0.15) is 62.6 Å². The summed E-state index contributed by atoms with van der Waals surface area (Å²) in [5.74, 6) is 0.694. The number of carbonyl (C=O) groups is 1. The van der Waals surface area contributed by atoms with Gasteiger partial charge in [-0.15, -0.1) is 0 Å². The Morgan fingerprint density at radius 3 is 2.85 bits per heavy atom. The number of aromatic nitrogens is 3. The SMILES string of the molecule is Cc1nc2c(cnn2C(C)C)cc1C(=O)NCC(C)N1CCCC(C)C1. The second-order valence-electron chi connectivity index (χ2n) is 8.02. The number of hydrogen-bond acceptors (Lipinski definition) is 4. The first-order valence-corrected chi connectivity index (χ1v) is 9.74. The number of rotatable bonds is 5. The van der Waals surface area contributed by atoms with E-state index in [1.54, 1.807) is 6.20 Å². The maximum atomic E-state index is 12.7. The fraction of sp³-hybridized carbons (Fsp3) is 0.650. The largest absolute Gasteiger partial charge is 0.350 e. The predicted octanol–water partition coefficient (Wildman–Crippen LogP) is 3.17. The number of carbonyl (C=O) groups excluding carboxylic acids is 1. The van der Waals surface area contributed by atoms with E-state index in [0.717, 1.165) is 35.7 Å². The standard InChI is InChI=1S/C20H31N5O/c1-13(2)25-19-17(11-22-25)9-18(16(5)23-19)20(26)21-10-15(4)24-8-6-7-14(3)12-24/h9,11,13-15H,6-8,10,12H2,1-5H3,(H,21,26). The molecule has 26 heavy (non-hydrogen) atoms. The predicted molar refractivity (Wildman–Crippen MR) is 104 cm³/mol. The maximum Gasteiger partial charge on any atom is 0.253 e. The second-order valence-corrected chi connectivity index (χ2v) is 8.02. The summed E-state index contributed by atoms with van der Waals surface area (Å²) in [4.78, 5) is 19.8. The zero-order valence-corrected chi connectivity index (χ0v) is 16.6. The summed E-state index contributed by atoms with van der Waals surface area (Å²) >= 11 is 0. The fourth-order valence-corrected chi connectivity index (χ4v) is 3.76. The van der Waals surface area contributed by atoms with Crippen LogP contribution in [0.2, 0.25) is 0 Å². The lowest BCUT2D eigenvalue weighted by Gasteiger charge is -2.35. The Morgan fingerprint density at radius 1 is 1.38 bits per heavy atom. The van der Waals surface area contributed by atoms with Crippen molar-refractivity contribution in [2.75, 3.05) is 19.6 Å². The normalized spacial score (nSPS) is 19.8. The van der Waals surface area contributed by atoms with Gasteiger partial charge in [-0.1, -0.05) is 6.92 Å². The van der Waals surface area contributed by atoms with Gasteiger partial charge in [0.2, 0.25) is 0 Å². The van der Waals surface area contributed by atoms with Gasteiger partial charge in [0.05, 0.1) is 17.5 Å². The van der Waals surface area contributed by atoms with Crippen LogP contribution < -0.4 is 5.32 Å². The molecule has 6 nitrogen and oxygen atoms in total. The van der Waals surface area contributed by atoms with E-state index >= 15 is 0 Å². The molecule has 3 rings (SSSR count). The molecular weight excluding hydrogens is 326 g/mol. The van der Waals surface area contributed by atoms with Crippen LogP contribution in [0.15, 0.2) is 12.3 Å². The van der Waals surface area contributed by atoms with Crippen molar-refractivity contribution >= 4 is 16.9 Å². The number of nitrogens with zero attached hydrogens (tertiary/aromatic N) is 4. The molecule has 0 saturated carbocycles. The van der Waals surface area contributed by atoms with Crippen molar-refractivity contribution in [2.24, 2.45) is 5.92 Å². The van der Waals surface area contributed by atoms with E-state index in [9.17, 15) is 4.79 Å². The summed E-state index contributed by atoms with van der Waals surface area (Å²) < 4.78 is 1.89. The smallest absolute Gasteiger partial charge is 0.253 e. The number of fused-ring (bicyclic) bond motifs is 1. The van der Waals surface area contributed by atoms with Gasteiger partial charge < -0.3 is 5.32 Å². The fourth-order valence-electron chi connectivity index (χ4n) is 3.76. The average molecular weight is 358 g/mol. The van der Waals surface area contributed by atoms with Gasteiger partial charge >= 0.3 is 0 Å². The number of hydrogen-bond donors (Lipinski definition) is 1. The molecule has 3 heterocycles. The molecule has 1 aliphatic heterocycles. The van der Waals surface area contributed by atoms with Crippen LogP contribution in [-0.4, -0.2) is 51.2 Å². The zero-order chi connectivity index (χ0) is 18.8. The van der Waals surface area contributed by atoms with Crippen molar-refractivity contribution < 1.29 is 4.79 Å². The van der Waals surface area contributed by atoms with Gasteiger partial charge in [0.1, 0.15) is 0 Å². The van der Waals surface area contributed by atoms with E-state index < -0.39 is 0 Å². The lowest BCUT2D eigenvalue weighted by atomic mass is 9.99. The number of piperidine rings is 1. The van der Waals surface area contributed by atoms with E-state index in [1.807, 2.05) is 17.7 Å². The molecule has 1 N–H and O–H groups in total. The summed E-state index contributed by atoms with van der Waals surface area (Å²) in [6.07, 6.45) is 4.35. The Kier molecular flexibility index (Phi) is 5.61. The number of likely N-dealkylation sites (tertiary alicyclic amines) is 1. The molecule has 2 unspecified atom stereocenters. The molecule has 0 aliphatic carbocycles. The Balaban J connectivity index is 1.68. The molecule has 1 saturated heterocycles. The molecule has 2 aromatic rings. The van der Waals surface area contributed by atoms with Crippen LogP contribution in [0.4, 0.5) is 0 Å². The zero-order valence-electron chi connectivity index (χ0n) is 16.6. The quantitative estimate of drug-likeness (QED) is 0.893. The van der Waals surface area contributed by atoms with Gasteiger partial charge in [0.15, 0.2) is 5.65 Å². The van der Waals surface area contributed by atoms with Crippen molar-refractivity contribution in [3.63, 3.8) is 0 Å². The van der Waals surface area contributed by atoms with Gasteiger partial charge in [0, 0.05) is 30.6 Å². The summed E-state index contributed by atoms with van der Waals surface area (Å²) in [7, 11) is 0. The van der Waals surface area contributed by atoms with Crippen LogP contribution in [0.5, 0.6) is 0 Å². The molecule has 0 spiro atoms. The summed E-state index contributed by atoms with van der Waals surface area (Å²) in [5, 5.41) is 8.40. The molecule has 142 valence electrons. The molecular formula is C20H31N5O. The minimum Gasteiger partial charge on any atom is -0.350 e. The van der Waals surface area contributed by atoms with Crippen LogP contribution in [-0.2, 0) is 0 Å². The second kappa shape index (κ2) is 7.74. The van der Waals surface area contributed by atoms with Crippen molar-refractivity contribution in [1.29, 1.82) is 0 Å². The summed E-state index contributed by atoms with van der Waals surface area (Å²) in [6.45, 7) is 13.5. The Bertz CT molecular complexity index is 782. The van der Waals surface area contributed by atoms with Crippen LogP contribution in [0.3, 0.4) is 0 Å². The number of pyridine rings is 1. The van der Waals surface area contributed by atoms with Gasteiger partial charge in [-0.05, 0) is 59.1 Å². The lowest BCUT2D eigenvalue weighted by Crippen LogP contribution is -2.46. The number of amides is 1. The lowest BCUT2D eigenvalue weighted by molar-refractivity contribution is 0.0916. The van der Waals surface area contributed by atoms with E-state index in [2.05, 4.69) is 48.0 Å². The first-order chi connectivity index (χ1) is 12.4. The molecule has 2 aromatic heterocycles. The summed E-state index contributed by atoms with van der Waals surface area (Å²) in [5.41, 5.74) is 2.22. The highest BCUT2D eigenvalue weighted by molar-refractivity contribution is 5.98. The van der Waals surface area contributed by atoms with Crippen molar-refractivity contribution in [3.05, 3.63) is 23.5 Å². The third kappa shape index (κ3) is 3.90. The minimum absolute atomic E-state index is 0.0499. The third-order valence-electron chi connectivity index (χ3n) is 5.36. The molecule has 6 heteroatoms. The minimum atomic E-state index is -0.0499. The van der Waals surface area contributed by atoms with Gasteiger partial charge in [-0.3, -0.25) is 9.69 Å². The maximum absolute atomic E-state index is 12.7. The van der Waals surface area contributed by atoms with Gasteiger partial charge in [-0.25, -0.2) is 9.67 Å². The molecule has 1 fully saturated rings. The van der Waals surface area contributed by atoms with E-state index in [4.69, 9.17) is 0 Å². The van der Waals surface area contributed by atoms with Gasteiger partial charge in [0.25, 0.3) is 5.91 Å². The van der Waals surface area contributed by atoms with Crippen molar-refractivity contribution in [3.8, 4) is 0 Å². The van der Waals surface area contributed by atoms with Gasteiger partial charge in [-0.2, -0.15) is 5.10 Å². The van der Waals surface area contributed by atoms with Crippen LogP contribution >= 0.6 is 0 Å². The summed E-state index contributed by atoms with van der Waals surface area (Å²) in [6, 6.07) is 2.50. The highest BCUT2D eigenvalue weighted by Crippen LogP contribution is 2.20. The first-order valence-electron chi connectivity index (χ1n) is 9.74. The topological polar surface area (TPSA) is 63.1 Å². The van der Waals surface area contributed by atoms with E-state index in [-0.39, 0.29) is 11.9 Å².